The van der Waals surface area contributed by atoms with E-state index in [4.69, 9.17) is 0 Å². The van der Waals surface area contributed by atoms with Crippen molar-refractivity contribution in [3.8, 4) is 0 Å². The molecule has 0 saturated heterocycles. The van der Waals surface area contributed by atoms with Crippen LogP contribution < -0.4 is 0 Å². The Morgan fingerprint density at radius 3 is 2.00 bits per heavy atom. The van der Waals surface area contributed by atoms with Crippen LogP contribution in [0.2, 0.25) is 0 Å². The summed E-state index contributed by atoms with van der Waals surface area (Å²) in [6.45, 7) is 3.98. The molecule has 2 nitrogen and oxygen atoms in total. The Labute approximate surface area is 85.7 Å². The van der Waals surface area contributed by atoms with Gasteiger partial charge in [0.2, 0.25) is 0 Å². The third-order valence-corrected chi connectivity index (χ3v) is 2.43. The fourth-order valence-electron chi connectivity index (χ4n) is 1.49. The molecular formula is C10H13F3O2. The molecule has 0 radical (unpaired) electrons. The highest BCUT2D eigenvalue weighted by Gasteiger charge is 2.62. The van der Waals surface area contributed by atoms with Gasteiger partial charge in [-0.2, -0.15) is 13.2 Å². The first-order valence-corrected chi connectivity index (χ1v) is 4.42. The Bertz CT molecular complexity index is 305. The van der Waals surface area contributed by atoms with Gasteiger partial charge in [-0.15, -0.1) is 0 Å². The Balaban J connectivity index is 3.33. The van der Waals surface area contributed by atoms with Crippen molar-refractivity contribution in [1.82, 2.24) is 0 Å². The first-order valence-electron chi connectivity index (χ1n) is 4.42. The standard InChI is InChI=1S/C10H13F3O2/c1-8(2,3)9(14,10(11,12)13)7-4-5-15-6-7/h4-6,14H,1-3H3. The average molecular weight is 222 g/mol. The summed E-state index contributed by atoms with van der Waals surface area (Å²) in [7, 11) is 0. The SMILES string of the molecule is CC(C)(C)C(O)(c1ccoc1)C(F)(F)F. The van der Waals surface area contributed by atoms with Crippen LogP contribution in [0.1, 0.15) is 26.3 Å². The number of furan rings is 1. The van der Waals surface area contributed by atoms with Crippen molar-refractivity contribution in [2.75, 3.05) is 0 Å². The van der Waals surface area contributed by atoms with Crippen LogP contribution in [-0.2, 0) is 5.60 Å². The summed E-state index contributed by atoms with van der Waals surface area (Å²) in [6.07, 6.45) is -2.72. The molecule has 1 atom stereocenters. The van der Waals surface area contributed by atoms with Gasteiger partial charge in [-0.25, -0.2) is 0 Å². The summed E-state index contributed by atoms with van der Waals surface area (Å²) in [6, 6.07) is 1.12. The van der Waals surface area contributed by atoms with E-state index in [1.54, 1.807) is 0 Å². The summed E-state index contributed by atoms with van der Waals surface area (Å²) in [4.78, 5) is 0. The van der Waals surface area contributed by atoms with Crippen LogP contribution in [0.15, 0.2) is 23.0 Å². The molecule has 0 aliphatic rings. The molecule has 5 heteroatoms. The predicted molar refractivity (Wildman–Crippen MR) is 48.1 cm³/mol. The van der Waals surface area contributed by atoms with Crippen molar-refractivity contribution in [2.24, 2.45) is 5.41 Å². The highest BCUT2D eigenvalue weighted by Crippen LogP contribution is 2.50. The van der Waals surface area contributed by atoms with Crippen LogP contribution in [0.5, 0.6) is 0 Å². The second-order valence-corrected chi connectivity index (χ2v) is 4.47. The highest BCUT2D eigenvalue weighted by atomic mass is 19.4. The molecule has 0 aromatic carbocycles. The molecule has 1 heterocycles. The number of alkyl halides is 3. The molecule has 86 valence electrons. The fraction of sp³-hybridized carbons (Fsp3) is 0.600. The first-order chi connectivity index (χ1) is 6.61. The number of hydrogen-bond donors (Lipinski definition) is 1. The largest absolute Gasteiger partial charge is 0.472 e. The van der Waals surface area contributed by atoms with Gasteiger partial charge in [-0.3, -0.25) is 0 Å². The van der Waals surface area contributed by atoms with Crippen molar-refractivity contribution in [1.29, 1.82) is 0 Å². The van der Waals surface area contributed by atoms with Crippen molar-refractivity contribution in [3.05, 3.63) is 24.2 Å². The van der Waals surface area contributed by atoms with Crippen molar-refractivity contribution in [3.63, 3.8) is 0 Å². The topological polar surface area (TPSA) is 33.4 Å². The lowest BCUT2D eigenvalue weighted by Gasteiger charge is -2.40. The van der Waals surface area contributed by atoms with Gasteiger partial charge in [-0.05, 0) is 6.07 Å². The van der Waals surface area contributed by atoms with E-state index in [1.807, 2.05) is 0 Å². The van der Waals surface area contributed by atoms with Gasteiger partial charge >= 0.3 is 6.18 Å². The summed E-state index contributed by atoms with van der Waals surface area (Å²) < 4.78 is 43.2. The molecular weight excluding hydrogens is 209 g/mol. The molecule has 0 aliphatic carbocycles. The van der Waals surface area contributed by atoms with E-state index in [9.17, 15) is 18.3 Å². The molecule has 1 aromatic rings. The zero-order valence-electron chi connectivity index (χ0n) is 8.72. The van der Waals surface area contributed by atoms with Gasteiger partial charge in [0.1, 0.15) is 0 Å². The molecule has 1 N–H and O–H groups in total. The molecule has 1 aromatic heterocycles. The van der Waals surface area contributed by atoms with E-state index >= 15 is 0 Å². The second kappa shape index (κ2) is 3.27. The monoisotopic (exact) mass is 222 g/mol. The fourth-order valence-corrected chi connectivity index (χ4v) is 1.49. The molecule has 1 unspecified atom stereocenters. The normalized spacial score (nSPS) is 17.5. The summed E-state index contributed by atoms with van der Waals surface area (Å²) in [5.74, 6) is 0. The van der Waals surface area contributed by atoms with Gasteiger partial charge < -0.3 is 9.52 Å². The number of aliphatic hydroxyl groups is 1. The maximum absolute atomic E-state index is 12.9. The molecule has 0 spiro atoms. The lowest BCUT2D eigenvalue weighted by atomic mass is 9.72. The van der Waals surface area contributed by atoms with E-state index < -0.39 is 17.2 Å². The van der Waals surface area contributed by atoms with Gasteiger partial charge in [0.25, 0.3) is 0 Å². The van der Waals surface area contributed by atoms with Gasteiger partial charge in [0.05, 0.1) is 12.5 Å². The van der Waals surface area contributed by atoms with Gasteiger partial charge in [-0.1, -0.05) is 20.8 Å². The van der Waals surface area contributed by atoms with Gasteiger partial charge in [0.15, 0.2) is 5.60 Å². The minimum Gasteiger partial charge on any atom is -0.472 e. The maximum Gasteiger partial charge on any atom is 0.422 e. The van der Waals surface area contributed by atoms with Crippen LogP contribution in [-0.4, -0.2) is 11.3 Å². The quantitative estimate of drug-likeness (QED) is 0.792. The van der Waals surface area contributed by atoms with Gasteiger partial charge in [0, 0.05) is 11.0 Å². The minimum absolute atomic E-state index is 0.275. The highest BCUT2D eigenvalue weighted by molar-refractivity contribution is 5.22. The molecule has 1 rings (SSSR count). The molecule has 15 heavy (non-hydrogen) atoms. The Kier molecular flexibility index (Phi) is 2.63. The smallest absolute Gasteiger partial charge is 0.422 e. The second-order valence-electron chi connectivity index (χ2n) is 4.47. The average Bonchev–Trinajstić information content (AvgIpc) is 2.49. The molecule has 0 saturated carbocycles. The third-order valence-electron chi connectivity index (χ3n) is 2.43. The van der Waals surface area contributed by atoms with Crippen LogP contribution in [0.3, 0.4) is 0 Å². The van der Waals surface area contributed by atoms with Crippen molar-refractivity contribution >= 4 is 0 Å². The molecule has 0 aliphatic heterocycles. The van der Waals surface area contributed by atoms with E-state index in [1.165, 1.54) is 20.8 Å². The summed E-state index contributed by atoms with van der Waals surface area (Å²) in [5.41, 5.74) is -4.54. The molecule has 0 bridgehead atoms. The Morgan fingerprint density at radius 1 is 1.20 bits per heavy atom. The Hall–Kier alpha value is -0.970. The van der Waals surface area contributed by atoms with Crippen LogP contribution in [0.25, 0.3) is 0 Å². The lowest BCUT2D eigenvalue weighted by molar-refractivity contribution is -0.302. The van der Waals surface area contributed by atoms with E-state index in [0.29, 0.717) is 0 Å². The maximum atomic E-state index is 12.9. The third kappa shape index (κ3) is 1.76. The van der Waals surface area contributed by atoms with Crippen molar-refractivity contribution < 1.29 is 22.7 Å². The molecule has 0 fully saturated rings. The minimum atomic E-state index is -4.74. The predicted octanol–water partition coefficient (Wildman–Crippen LogP) is 3.08. The summed E-state index contributed by atoms with van der Waals surface area (Å²) >= 11 is 0. The lowest BCUT2D eigenvalue weighted by Crippen LogP contribution is -2.51. The van der Waals surface area contributed by atoms with Crippen LogP contribution >= 0.6 is 0 Å². The zero-order valence-corrected chi connectivity index (χ0v) is 8.72. The molecule has 0 amide bonds. The van der Waals surface area contributed by atoms with Crippen molar-refractivity contribution in [2.45, 2.75) is 32.5 Å². The van der Waals surface area contributed by atoms with Crippen LogP contribution in [0, 0.1) is 5.41 Å². The zero-order chi connectivity index (χ0) is 11.9. The number of rotatable bonds is 1. The van der Waals surface area contributed by atoms with E-state index in [2.05, 4.69) is 4.42 Å². The first kappa shape index (κ1) is 12.1. The van der Waals surface area contributed by atoms with E-state index in [-0.39, 0.29) is 5.56 Å². The number of hydrogen-bond acceptors (Lipinski definition) is 2. The van der Waals surface area contributed by atoms with Crippen LogP contribution in [0.4, 0.5) is 13.2 Å². The Morgan fingerprint density at radius 2 is 1.73 bits per heavy atom. The summed E-state index contributed by atoms with van der Waals surface area (Å²) in [5, 5.41) is 9.86. The van der Waals surface area contributed by atoms with E-state index in [0.717, 1.165) is 18.6 Å². The number of halogens is 3.